The van der Waals surface area contributed by atoms with Crippen molar-refractivity contribution in [2.45, 2.75) is 6.42 Å². The topological polar surface area (TPSA) is 102 Å². The third-order valence-corrected chi connectivity index (χ3v) is 1.74. The average molecular weight is 212 g/mol. The van der Waals surface area contributed by atoms with Gasteiger partial charge in [-0.15, -0.1) is 0 Å². The summed E-state index contributed by atoms with van der Waals surface area (Å²) in [5.74, 6) is -0.653. The van der Waals surface area contributed by atoms with E-state index >= 15 is 0 Å². The highest BCUT2D eigenvalue weighted by atomic mass is 16.6. The molecule has 1 rings (SSSR count). The van der Waals surface area contributed by atoms with Crippen LogP contribution < -0.4 is 5.43 Å². The van der Waals surface area contributed by atoms with Crippen LogP contribution in [-0.4, -0.2) is 23.0 Å². The number of nitrogens with one attached hydrogen (secondary N) is 1. The highest BCUT2D eigenvalue weighted by Gasteiger charge is 2.20. The van der Waals surface area contributed by atoms with Crippen LogP contribution >= 0.6 is 0 Å². The number of rotatable bonds is 3. The number of pyridine rings is 1. The number of carbonyl (C=O) groups is 1. The molecule has 7 nitrogen and oxygen atoms in total. The number of hydrogen-bond donors (Lipinski definition) is 1. The Morgan fingerprint density at radius 3 is 2.87 bits per heavy atom. The zero-order valence-corrected chi connectivity index (χ0v) is 7.85. The molecule has 0 saturated carbocycles. The molecule has 0 radical (unpaired) electrons. The minimum Gasteiger partial charge on any atom is -0.469 e. The first kappa shape index (κ1) is 10.9. The van der Waals surface area contributed by atoms with Gasteiger partial charge in [0.2, 0.25) is 0 Å². The maximum Gasteiger partial charge on any atom is 0.335 e. The normalized spacial score (nSPS) is 9.67. The molecule has 80 valence electrons. The number of nitrogens with zero attached hydrogens (tertiary/aromatic N) is 1. The van der Waals surface area contributed by atoms with Gasteiger partial charge in [0.1, 0.15) is 5.69 Å². The summed E-state index contributed by atoms with van der Waals surface area (Å²) in [7, 11) is 1.16. The van der Waals surface area contributed by atoms with Crippen molar-refractivity contribution < 1.29 is 14.5 Å². The van der Waals surface area contributed by atoms with Crippen molar-refractivity contribution in [3.8, 4) is 0 Å². The Balaban J connectivity index is 3.18. The second-order valence-electron chi connectivity index (χ2n) is 2.68. The molecule has 0 fully saturated rings. The number of hydrogen-bond acceptors (Lipinski definition) is 5. The number of nitro groups is 1. The van der Waals surface area contributed by atoms with Crippen LogP contribution in [0.3, 0.4) is 0 Å². The number of aromatic amines is 1. The number of esters is 1. The van der Waals surface area contributed by atoms with Crippen molar-refractivity contribution in [2.75, 3.05) is 7.11 Å². The maximum atomic E-state index is 11.1. The van der Waals surface area contributed by atoms with Crippen LogP contribution in [0, 0.1) is 10.1 Å². The highest BCUT2D eigenvalue weighted by molar-refractivity contribution is 5.73. The van der Waals surface area contributed by atoms with Crippen LogP contribution in [0.2, 0.25) is 0 Å². The SMILES string of the molecule is COC(=O)Cc1[nH]ccc(=O)c1[N+](=O)[O-]. The van der Waals surface area contributed by atoms with Gasteiger partial charge in [0.15, 0.2) is 0 Å². The lowest BCUT2D eigenvalue weighted by molar-refractivity contribution is -0.387. The van der Waals surface area contributed by atoms with Crippen LogP contribution in [0.25, 0.3) is 0 Å². The molecule has 0 bridgehead atoms. The number of aromatic nitrogens is 1. The van der Waals surface area contributed by atoms with E-state index in [0.29, 0.717) is 0 Å². The van der Waals surface area contributed by atoms with Gasteiger partial charge in [-0.3, -0.25) is 19.7 Å². The van der Waals surface area contributed by atoms with E-state index in [4.69, 9.17) is 0 Å². The summed E-state index contributed by atoms with van der Waals surface area (Å²) >= 11 is 0. The predicted molar refractivity (Wildman–Crippen MR) is 49.4 cm³/mol. The van der Waals surface area contributed by atoms with Crippen molar-refractivity contribution in [2.24, 2.45) is 0 Å². The second kappa shape index (κ2) is 4.36. The molecule has 1 heterocycles. The smallest absolute Gasteiger partial charge is 0.335 e. The highest BCUT2D eigenvalue weighted by Crippen LogP contribution is 2.10. The molecule has 7 heteroatoms. The van der Waals surface area contributed by atoms with Gasteiger partial charge in [-0.05, 0) is 0 Å². The molecule has 0 amide bonds. The van der Waals surface area contributed by atoms with Crippen LogP contribution in [0.1, 0.15) is 5.69 Å². The number of H-pyrrole nitrogens is 1. The van der Waals surface area contributed by atoms with Crippen LogP contribution in [0.5, 0.6) is 0 Å². The lowest BCUT2D eigenvalue weighted by Crippen LogP contribution is -2.15. The van der Waals surface area contributed by atoms with E-state index in [-0.39, 0.29) is 12.1 Å². The zero-order valence-electron chi connectivity index (χ0n) is 7.85. The Kier molecular flexibility index (Phi) is 3.17. The molecule has 0 spiro atoms. The zero-order chi connectivity index (χ0) is 11.4. The summed E-state index contributed by atoms with van der Waals surface area (Å²) in [6.07, 6.45) is 0.913. The first-order valence-electron chi connectivity index (χ1n) is 3.98. The monoisotopic (exact) mass is 212 g/mol. The van der Waals surface area contributed by atoms with Gasteiger partial charge in [0.25, 0.3) is 5.43 Å². The molecule has 0 atom stereocenters. The van der Waals surface area contributed by atoms with Crippen LogP contribution in [0.15, 0.2) is 17.1 Å². The summed E-state index contributed by atoms with van der Waals surface area (Å²) in [5, 5.41) is 10.5. The quantitative estimate of drug-likeness (QED) is 0.431. The Labute approximate surface area is 83.8 Å². The van der Waals surface area contributed by atoms with Gasteiger partial charge < -0.3 is 9.72 Å². The van der Waals surface area contributed by atoms with E-state index < -0.39 is 22.0 Å². The molecule has 1 aromatic heterocycles. The van der Waals surface area contributed by atoms with E-state index in [0.717, 1.165) is 13.2 Å². The molecule has 0 aliphatic carbocycles. The molecular weight excluding hydrogens is 204 g/mol. The molecule has 0 aromatic carbocycles. The summed E-state index contributed by atoms with van der Waals surface area (Å²) in [5.41, 5.74) is -1.42. The molecule has 1 N–H and O–H groups in total. The summed E-state index contributed by atoms with van der Waals surface area (Å²) in [6.45, 7) is 0. The molecular formula is C8H8N2O5. The lowest BCUT2D eigenvalue weighted by atomic mass is 10.2. The van der Waals surface area contributed by atoms with Crippen molar-refractivity contribution in [1.82, 2.24) is 4.98 Å². The molecule has 0 aliphatic rings. The third kappa shape index (κ3) is 2.39. The Bertz CT molecular complexity index is 451. The first-order valence-corrected chi connectivity index (χ1v) is 3.98. The summed E-state index contributed by atoms with van der Waals surface area (Å²) in [6, 6.07) is 1.03. The van der Waals surface area contributed by atoms with E-state index in [1.807, 2.05) is 0 Å². The van der Waals surface area contributed by atoms with Crippen LogP contribution in [0.4, 0.5) is 5.69 Å². The molecule has 0 aliphatic heterocycles. The minimum absolute atomic E-state index is 0.0562. The van der Waals surface area contributed by atoms with Gasteiger partial charge in [-0.1, -0.05) is 0 Å². The predicted octanol–water partition coefficient (Wildman–Crippen LogP) is -0.00140. The van der Waals surface area contributed by atoms with Crippen LogP contribution in [-0.2, 0) is 16.0 Å². The number of ether oxygens (including phenoxy) is 1. The maximum absolute atomic E-state index is 11.1. The molecule has 0 unspecified atom stereocenters. The fraction of sp³-hybridized carbons (Fsp3) is 0.250. The van der Waals surface area contributed by atoms with Crippen molar-refractivity contribution in [1.29, 1.82) is 0 Å². The number of methoxy groups -OCH3 is 1. The lowest BCUT2D eigenvalue weighted by Gasteiger charge is -2.00. The first-order chi connectivity index (χ1) is 7.06. The summed E-state index contributed by atoms with van der Waals surface area (Å²) in [4.78, 5) is 34.2. The van der Waals surface area contributed by atoms with Gasteiger partial charge in [-0.25, -0.2) is 0 Å². The standard InChI is InChI=1S/C8H8N2O5/c1-15-7(12)4-5-8(10(13)14)6(11)2-3-9-5/h2-3H,4H2,1H3,(H,9,11). The molecule has 15 heavy (non-hydrogen) atoms. The van der Waals surface area contributed by atoms with Crippen molar-refractivity contribution >= 4 is 11.7 Å². The van der Waals surface area contributed by atoms with Crippen molar-refractivity contribution in [3.05, 3.63) is 38.3 Å². The van der Waals surface area contributed by atoms with Crippen molar-refractivity contribution in [3.63, 3.8) is 0 Å². The minimum atomic E-state index is -0.822. The Morgan fingerprint density at radius 2 is 2.33 bits per heavy atom. The Morgan fingerprint density at radius 1 is 1.67 bits per heavy atom. The average Bonchev–Trinajstić information content (AvgIpc) is 2.17. The third-order valence-electron chi connectivity index (χ3n) is 1.74. The van der Waals surface area contributed by atoms with E-state index in [1.165, 1.54) is 6.20 Å². The molecule has 0 saturated heterocycles. The second-order valence-corrected chi connectivity index (χ2v) is 2.68. The Hall–Kier alpha value is -2.18. The largest absolute Gasteiger partial charge is 0.469 e. The summed E-state index contributed by atoms with van der Waals surface area (Å²) < 4.78 is 4.35. The fourth-order valence-electron chi connectivity index (χ4n) is 1.07. The van der Waals surface area contributed by atoms with Gasteiger partial charge in [0.05, 0.1) is 18.5 Å². The van der Waals surface area contributed by atoms with Gasteiger partial charge in [-0.2, -0.15) is 0 Å². The van der Waals surface area contributed by atoms with E-state index in [2.05, 4.69) is 9.72 Å². The van der Waals surface area contributed by atoms with Gasteiger partial charge >= 0.3 is 11.7 Å². The van der Waals surface area contributed by atoms with Gasteiger partial charge in [0, 0.05) is 12.3 Å². The number of carbonyl (C=O) groups excluding carboxylic acids is 1. The fourth-order valence-corrected chi connectivity index (χ4v) is 1.07. The molecule has 1 aromatic rings. The van der Waals surface area contributed by atoms with E-state index in [1.54, 1.807) is 0 Å². The van der Waals surface area contributed by atoms with E-state index in [9.17, 15) is 19.7 Å².